The van der Waals surface area contributed by atoms with Crippen LogP contribution in [0.5, 0.6) is 0 Å². The monoisotopic (exact) mass is 308 g/mol. The van der Waals surface area contributed by atoms with Crippen molar-refractivity contribution < 1.29 is 14.7 Å². The van der Waals surface area contributed by atoms with E-state index in [0.717, 1.165) is 23.0 Å². The van der Waals surface area contributed by atoms with Crippen LogP contribution >= 0.6 is 11.3 Å². The fourth-order valence-electron chi connectivity index (χ4n) is 2.76. The molecule has 5 nitrogen and oxygen atoms in total. The maximum absolute atomic E-state index is 12.6. The molecule has 1 unspecified atom stereocenters. The highest BCUT2D eigenvalue weighted by Gasteiger charge is 2.42. The summed E-state index contributed by atoms with van der Waals surface area (Å²) in [5.74, 6) is -0.133. The van der Waals surface area contributed by atoms with Crippen LogP contribution in [0.15, 0.2) is 0 Å². The van der Waals surface area contributed by atoms with Gasteiger partial charge < -0.3 is 10.0 Å². The third-order valence-electron chi connectivity index (χ3n) is 4.47. The molecule has 0 bridgehead atoms. The Morgan fingerprint density at radius 3 is 2.76 bits per heavy atom. The van der Waals surface area contributed by atoms with Crippen molar-refractivity contribution in [2.45, 2.75) is 39.5 Å². The Kier molecular flexibility index (Phi) is 3.51. The van der Waals surface area contributed by atoms with Crippen molar-refractivity contribution >= 4 is 23.2 Å². The molecule has 0 radical (unpaired) electrons. The summed E-state index contributed by atoms with van der Waals surface area (Å²) in [6, 6.07) is 0. The van der Waals surface area contributed by atoms with Gasteiger partial charge >= 0.3 is 5.97 Å². The zero-order valence-electron chi connectivity index (χ0n) is 12.4. The van der Waals surface area contributed by atoms with E-state index in [4.69, 9.17) is 0 Å². The van der Waals surface area contributed by atoms with E-state index in [1.165, 1.54) is 24.2 Å². The average Bonchev–Trinajstić information content (AvgIpc) is 3.02. The van der Waals surface area contributed by atoms with E-state index >= 15 is 0 Å². The van der Waals surface area contributed by atoms with Crippen molar-refractivity contribution in [1.29, 1.82) is 0 Å². The predicted molar refractivity (Wildman–Crippen MR) is 79.5 cm³/mol. The van der Waals surface area contributed by atoms with E-state index in [2.05, 4.69) is 4.98 Å². The van der Waals surface area contributed by atoms with Gasteiger partial charge in [0.25, 0.3) is 5.91 Å². The second-order valence-corrected chi connectivity index (χ2v) is 7.60. The Bertz CT molecular complexity index is 594. The number of carbonyl (C=O) groups excluding carboxylic acids is 1. The molecule has 1 aromatic rings. The molecule has 6 heteroatoms. The fraction of sp³-hybridized carbons (Fsp3) is 0.667. The molecule has 0 spiro atoms. The van der Waals surface area contributed by atoms with Crippen molar-refractivity contribution in [2.75, 3.05) is 13.1 Å². The smallest absolute Gasteiger partial charge is 0.311 e. The molecule has 0 aromatic carbocycles. The molecule has 1 aromatic heterocycles. The van der Waals surface area contributed by atoms with Gasteiger partial charge in [0, 0.05) is 19.5 Å². The lowest BCUT2D eigenvalue weighted by atomic mass is 9.90. The Morgan fingerprint density at radius 2 is 2.19 bits per heavy atom. The van der Waals surface area contributed by atoms with Crippen LogP contribution in [0.2, 0.25) is 0 Å². The molecule has 1 saturated heterocycles. The van der Waals surface area contributed by atoms with Crippen molar-refractivity contribution in [3.05, 3.63) is 15.6 Å². The third-order valence-corrected chi connectivity index (χ3v) is 5.64. The summed E-state index contributed by atoms with van der Waals surface area (Å²) >= 11 is 1.48. The van der Waals surface area contributed by atoms with E-state index in [1.807, 2.05) is 6.92 Å². The van der Waals surface area contributed by atoms with Crippen molar-refractivity contribution in [1.82, 2.24) is 9.88 Å². The van der Waals surface area contributed by atoms with E-state index in [1.54, 1.807) is 11.8 Å². The first kappa shape index (κ1) is 14.5. The maximum atomic E-state index is 12.6. The van der Waals surface area contributed by atoms with Crippen LogP contribution in [0.3, 0.4) is 0 Å². The molecule has 1 aliphatic carbocycles. The van der Waals surface area contributed by atoms with Crippen LogP contribution in [-0.2, 0) is 11.2 Å². The molecule has 1 atom stereocenters. The molecule has 21 heavy (non-hydrogen) atoms. The number of nitrogens with zero attached hydrogens (tertiary/aromatic N) is 2. The van der Waals surface area contributed by atoms with Gasteiger partial charge in [0.1, 0.15) is 4.88 Å². The summed E-state index contributed by atoms with van der Waals surface area (Å²) < 4.78 is 0. The zero-order valence-corrected chi connectivity index (χ0v) is 13.2. The van der Waals surface area contributed by atoms with E-state index in [-0.39, 0.29) is 12.5 Å². The Hall–Kier alpha value is -1.43. The van der Waals surface area contributed by atoms with Gasteiger partial charge in [0.05, 0.1) is 16.1 Å². The van der Waals surface area contributed by atoms with Gasteiger partial charge in [-0.05, 0) is 39.0 Å². The Morgan fingerprint density at radius 1 is 1.48 bits per heavy atom. The summed E-state index contributed by atoms with van der Waals surface area (Å²) in [6.45, 7) is 4.38. The number of carboxylic acids is 1. The molecular formula is C15H20N2O3S. The lowest BCUT2D eigenvalue weighted by Gasteiger charge is -2.19. The first-order valence-electron chi connectivity index (χ1n) is 7.38. The number of hydrogen-bond acceptors (Lipinski definition) is 4. The number of aromatic nitrogens is 1. The highest BCUT2D eigenvalue weighted by atomic mass is 32.1. The van der Waals surface area contributed by atoms with E-state index in [9.17, 15) is 14.7 Å². The number of aryl methyl sites for hydroxylation is 1. The summed E-state index contributed by atoms with van der Waals surface area (Å²) in [5.41, 5.74) is -0.0324. The molecule has 1 aliphatic heterocycles. The standard InChI is InChI=1S/C15H20N2O3S/c1-9-12(21-11(16-9)7-10-3-4-10)13(18)17-6-5-15(2,8-17)14(19)20/h10H,3-8H2,1-2H3,(H,19,20). The van der Waals surface area contributed by atoms with Crippen LogP contribution in [0.25, 0.3) is 0 Å². The number of aliphatic carboxylic acids is 1. The van der Waals surface area contributed by atoms with Crippen LogP contribution in [-0.4, -0.2) is 40.0 Å². The van der Waals surface area contributed by atoms with Gasteiger partial charge in [0.2, 0.25) is 0 Å². The third kappa shape index (κ3) is 2.81. The summed E-state index contributed by atoms with van der Waals surface area (Å²) in [6.07, 6.45) is 4.03. The van der Waals surface area contributed by atoms with Crippen molar-refractivity contribution in [3.8, 4) is 0 Å². The van der Waals surface area contributed by atoms with E-state index in [0.29, 0.717) is 17.8 Å². The minimum Gasteiger partial charge on any atom is -0.481 e. The van der Waals surface area contributed by atoms with Gasteiger partial charge in [-0.1, -0.05) is 0 Å². The fourth-order valence-corrected chi connectivity index (χ4v) is 3.91. The number of carbonyl (C=O) groups is 2. The molecule has 2 fully saturated rings. The van der Waals surface area contributed by atoms with E-state index < -0.39 is 11.4 Å². The van der Waals surface area contributed by atoms with Gasteiger partial charge in [-0.2, -0.15) is 0 Å². The number of rotatable bonds is 4. The van der Waals surface area contributed by atoms with Gasteiger partial charge in [0.15, 0.2) is 0 Å². The van der Waals surface area contributed by atoms with Crippen LogP contribution < -0.4 is 0 Å². The second-order valence-electron chi connectivity index (χ2n) is 6.51. The Balaban J connectivity index is 1.73. The SMILES string of the molecule is Cc1nc(CC2CC2)sc1C(=O)N1CCC(C)(C(=O)O)C1. The van der Waals surface area contributed by atoms with Gasteiger partial charge in [-0.25, -0.2) is 4.98 Å². The van der Waals surface area contributed by atoms with Crippen molar-refractivity contribution in [3.63, 3.8) is 0 Å². The molecular weight excluding hydrogens is 288 g/mol. The summed E-state index contributed by atoms with van der Waals surface area (Å²) in [7, 11) is 0. The predicted octanol–water partition coefficient (Wildman–Crippen LogP) is 2.34. The number of thiazole rings is 1. The number of likely N-dealkylation sites (tertiary alicyclic amines) is 1. The van der Waals surface area contributed by atoms with Crippen LogP contribution in [0.1, 0.15) is 46.6 Å². The lowest BCUT2D eigenvalue weighted by Crippen LogP contribution is -2.34. The summed E-state index contributed by atoms with van der Waals surface area (Å²) in [4.78, 5) is 30.7. The van der Waals surface area contributed by atoms with Crippen LogP contribution in [0, 0.1) is 18.3 Å². The largest absolute Gasteiger partial charge is 0.481 e. The first-order chi connectivity index (χ1) is 9.89. The maximum Gasteiger partial charge on any atom is 0.311 e. The van der Waals surface area contributed by atoms with Gasteiger partial charge in [-0.15, -0.1) is 11.3 Å². The molecule has 1 saturated carbocycles. The molecule has 3 rings (SSSR count). The molecule has 2 heterocycles. The minimum absolute atomic E-state index is 0.0583. The topological polar surface area (TPSA) is 70.5 Å². The van der Waals surface area contributed by atoms with Crippen LogP contribution in [0.4, 0.5) is 0 Å². The highest BCUT2D eigenvalue weighted by molar-refractivity contribution is 7.13. The van der Waals surface area contributed by atoms with Gasteiger partial charge in [-0.3, -0.25) is 9.59 Å². The number of carboxylic acid groups (broad SMARTS) is 1. The minimum atomic E-state index is -0.826. The summed E-state index contributed by atoms with van der Waals surface area (Å²) in [5, 5.41) is 10.3. The first-order valence-corrected chi connectivity index (χ1v) is 8.20. The molecule has 2 aliphatic rings. The quantitative estimate of drug-likeness (QED) is 0.927. The zero-order chi connectivity index (χ0) is 15.2. The molecule has 1 N–H and O–H groups in total. The lowest BCUT2D eigenvalue weighted by molar-refractivity contribution is -0.147. The second kappa shape index (κ2) is 5.09. The van der Waals surface area contributed by atoms with Crippen molar-refractivity contribution in [2.24, 2.45) is 11.3 Å². The average molecular weight is 308 g/mol. The Labute approximate surface area is 128 Å². The normalized spacial score (nSPS) is 25.3. The highest BCUT2D eigenvalue weighted by Crippen LogP contribution is 2.36. The number of hydrogen-bond donors (Lipinski definition) is 1. The molecule has 1 amide bonds. The molecule has 114 valence electrons. The number of amides is 1.